The van der Waals surface area contributed by atoms with Crippen LogP contribution >= 0.6 is 7.75 Å². The number of ether oxygens (including phenoxy) is 2. The number of hydrogen-bond donors (Lipinski definition) is 2. The molecule has 2 aromatic heterocycles. The van der Waals surface area contributed by atoms with Gasteiger partial charge in [0.15, 0.2) is 5.82 Å². The number of nitrogen functional groups attached to an aromatic ring is 1. The quantitative estimate of drug-likeness (QED) is 0.110. The van der Waals surface area contributed by atoms with E-state index in [9.17, 15) is 9.36 Å². The van der Waals surface area contributed by atoms with Crippen molar-refractivity contribution >= 4 is 52.2 Å². The fraction of sp³-hybridized carbons (Fsp3) is 0.364. The highest BCUT2D eigenvalue weighted by Crippen LogP contribution is 2.46. The number of nitrogens with one attached hydrogen (secondary N) is 1. The molecule has 0 fully saturated rings. The Labute approximate surface area is 262 Å². The lowest BCUT2D eigenvalue weighted by atomic mass is 10.1. The van der Waals surface area contributed by atoms with Crippen molar-refractivity contribution in [3.8, 4) is 5.75 Å². The summed E-state index contributed by atoms with van der Waals surface area (Å²) in [5, 5.41) is 5.55. The zero-order valence-electron chi connectivity index (χ0n) is 26.4. The molecule has 3 N–H and O–H groups in total. The van der Waals surface area contributed by atoms with Gasteiger partial charge in [0.1, 0.15) is 35.3 Å². The van der Waals surface area contributed by atoms with E-state index in [2.05, 4.69) is 10.1 Å². The standard InChI is InChI=1S/C33H40N5O6P/c1-7-41-20-28-36-29-30(26-14-10-11-15-27(26)35-31(29)34)38(28)21(2)19-42-45(40,37-22(3)32(39)43-33(4,5)6)44-25-17-16-23-12-8-9-13-24(23)18-25/h8-18,21-22H,7,19-20H2,1-6H3,(H2,34,35)(H,37,40)/t21-,22-,45-/m0/s1. The fourth-order valence-corrected chi connectivity index (χ4v) is 6.62. The van der Waals surface area contributed by atoms with Crippen molar-refractivity contribution in [1.29, 1.82) is 0 Å². The third-order valence-electron chi connectivity index (χ3n) is 7.05. The normalized spacial score (nSPS) is 14.8. The van der Waals surface area contributed by atoms with E-state index < -0.39 is 31.4 Å². The van der Waals surface area contributed by atoms with Gasteiger partial charge in [0, 0.05) is 12.0 Å². The maximum atomic E-state index is 14.4. The molecule has 0 saturated carbocycles. The summed E-state index contributed by atoms with van der Waals surface area (Å²) >= 11 is 0. The zero-order chi connectivity index (χ0) is 32.4. The Morgan fingerprint density at radius 3 is 2.47 bits per heavy atom. The lowest BCUT2D eigenvalue weighted by Crippen LogP contribution is -2.39. The van der Waals surface area contributed by atoms with Gasteiger partial charge >= 0.3 is 13.7 Å². The highest BCUT2D eigenvalue weighted by atomic mass is 31.2. The van der Waals surface area contributed by atoms with Crippen molar-refractivity contribution < 1.29 is 27.9 Å². The first-order chi connectivity index (χ1) is 21.4. The van der Waals surface area contributed by atoms with Crippen LogP contribution in [0.15, 0.2) is 66.7 Å². The van der Waals surface area contributed by atoms with E-state index in [0.29, 0.717) is 29.5 Å². The molecule has 11 nitrogen and oxygen atoms in total. The summed E-state index contributed by atoms with van der Waals surface area (Å²) in [7, 11) is -4.16. The van der Waals surface area contributed by atoms with E-state index in [-0.39, 0.29) is 13.2 Å². The van der Waals surface area contributed by atoms with Crippen LogP contribution in [0, 0.1) is 0 Å². The van der Waals surface area contributed by atoms with Crippen molar-refractivity contribution in [1.82, 2.24) is 19.6 Å². The molecule has 0 radical (unpaired) electrons. The van der Waals surface area contributed by atoms with Gasteiger partial charge in [-0.1, -0.05) is 48.5 Å². The van der Waals surface area contributed by atoms with E-state index in [1.165, 1.54) is 0 Å². The Balaban J connectivity index is 1.49. The number of esters is 1. The number of rotatable bonds is 12. The first-order valence-corrected chi connectivity index (χ1v) is 16.5. The molecule has 3 aromatic carbocycles. The van der Waals surface area contributed by atoms with Gasteiger partial charge in [-0.15, -0.1) is 0 Å². The minimum absolute atomic E-state index is 0.0694. The van der Waals surface area contributed by atoms with Crippen molar-refractivity contribution in [2.45, 2.75) is 65.8 Å². The van der Waals surface area contributed by atoms with Gasteiger partial charge in [0.25, 0.3) is 0 Å². The number of anilines is 1. The Kier molecular flexibility index (Phi) is 9.46. The summed E-state index contributed by atoms with van der Waals surface area (Å²) in [4.78, 5) is 22.2. The first-order valence-electron chi connectivity index (χ1n) is 14.9. The Morgan fingerprint density at radius 2 is 1.73 bits per heavy atom. The summed E-state index contributed by atoms with van der Waals surface area (Å²) < 4.78 is 39.8. The predicted molar refractivity (Wildman–Crippen MR) is 176 cm³/mol. The molecule has 0 bridgehead atoms. The van der Waals surface area contributed by atoms with E-state index >= 15 is 0 Å². The molecule has 0 aliphatic rings. The number of nitrogens with zero attached hydrogens (tertiary/aromatic N) is 3. The third-order valence-corrected chi connectivity index (χ3v) is 8.69. The van der Waals surface area contributed by atoms with Crippen LogP contribution < -0.4 is 15.3 Å². The van der Waals surface area contributed by atoms with Crippen molar-refractivity contribution in [3.63, 3.8) is 0 Å². The number of aromatic nitrogens is 3. The van der Waals surface area contributed by atoms with Gasteiger partial charge in [0.05, 0.1) is 23.7 Å². The van der Waals surface area contributed by atoms with E-state index in [4.69, 9.17) is 29.2 Å². The van der Waals surface area contributed by atoms with Crippen LogP contribution in [0.1, 0.15) is 53.4 Å². The summed E-state index contributed by atoms with van der Waals surface area (Å²) in [6.07, 6.45) is 0. The highest BCUT2D eigenvalue weighted by molar-refractivity contribution is 7.52. The number of imidazole rings is 1. The van der Waals surface area contributed by atoms with E-state index in [0.717, 1.165) is 27.2 Å². The predicted octanol–water partition coefficient (Wildman–Crippen LogP) is 6.94. The van der Waals surface area contributed by atoms with Gasteiger partial charge in [-0.3, -0.25) is 9.32 Å². The number of pyridine rings is 1. The van der Waals surface area contributed by atoms with E-state index in [1.807, 2.05) is 73.0 Å². The van der Waals surface area contributed by atoms with Gasteiger partial charge in [-0.2, -0.15) is 5.09 Å². The summed E-state index contributed by atoms with van der Waals surface area (Å²) in [6.45, 7) is 11.3. The van der Waals surface area contributed by atoms with Crippen LogP contribution in [0.5, 0.6) is 5.75 Å². The molecule has 0 saturated heterocycles. The first kappa shape index (κ1) is 32.4. The van der Waals surface area contributed by atoms with Crippen LogP contribution in [0.25, 0.3) is 32.7 Å². The third kappa shape index (κ3) is 7.45. The number of carbonyl (C=O) groups excluding carboxylic acids is 1. The van der Waals surface area contributed by atoms with Gasteiger partial charge in [-0.25, -0.2) is 14.5 Å². The number of fused-ring (bicyclic) bond motifs is 4. The van der Waals surface area contributed by atoms with Crippen molar-refractivity contribution in [3.05, 3.63) is 72.6 Å². The monoisotopic (exact) mass is 633 g/mol. The molecule has 0 unspecified atom stereocenters. The molecular formula is C33H40N5O6P. The average Bonchev–Trinajstić information content (AvgIpc) is 3.38. The molecule has 0 aliphatic heterocycles. The van der Waals surface area contributed by atoms with Crippen LogP contribution in [0.4, 0.5) is 5.82 Å². The molecule has 45 heavy (non-hydrogen) atoms. The SMILES string of the molecule is CCOCc1nc2c(N)nc3ccccc3c2n1[C@@H](C)CO[P@@](=O)(N[C@@H](C)C(=O)OC(C)(C)C)Oc1ccc2ccccc2c1. The molecule has 2 heterocycles. The smallest absolute Gasteiger partial charge is 0.459 e. The zero-order valence-corrected chi connectivity index (χ0v) is 27.3. The maximum absolute atomic E-state index is 14.4. The number of hydrogen-bond acceptors (Lipinski definition) is 9. The van der Waals surface area contributed by atoms with Crippen LogP contribution in [0.2, 0.25) is 0 Å². The molecule has 3 atom stereocenters. The molecule has 0 aliphatic carbocycles. The molecular weight excluding hydrogens is 593 g/mol. The molecule has 0 spiro atoms. The number of benzene rings is 3. The average molecular weight is 634 g/mol. The topological polar surface area (TPSA) is 140 Å². The maximum Gasteiger partial charge on any atom is 0.459 e. The lowest BCUT2D eigenvalue weighted by Gasteiger charge is -2.27. The van der Waals surface area contributed by atoms with Crippen LogP contribution in [0.3, 0.4) is 0 Å². The molecule has 0 amide bonds. The molecule has 238 valence electrons. The fourth-order valence-electron chi connectivity index (χ4n) is 5.05. The van der Waals surface area contributed by atoms with Crippen LogP contribution in [-0.4, -0.2) is 45.4 Å². The minimum Gasteiger partial charge on any atom is -0.459 e. The number of carbonyl (C=O) groups is 1. The summed E-state index contributed by atoms with van der Waals surface area (Å²) in [6, 6.07) is 19.4. The Hall–Kier alpha value is -4.02. The van der Waals surface area contributed by atoms with Gasteiger partial charge in [-0.05, 0) is 70.5 Å². The number of para-hydroxylation sites is 1. The molecule has 12 heteroatoms. The van der Waals surface area contributed by atoms with Gasteiger partial charge in [0.2, 0.25) is 0 Å². The number of nitrogens with two attached hydrogens (primary N) is 1. The summed E-state index contributed by atoms with van der Waals surface area (Å²) in [5.41, 5.74) is 7.65. The highest BCUT2D eigenvalue weighted by Gasteiger charge is 2.35. The largest absolute Gasteiger partial charge is 0.459 e. The minimum atomic E-state index is -4.16. The second-order valence-corrected chi connectivity index (χ2v) is 13.6. The Bertz CT molecular complexity index is 1890. The van der Waals surface area contributed by atoms with Crippen molar-refractivity contribution in [2.24, 2.45) is 0 Å². The van der Waals surface area contributed by atoms with Gasteiger partial charge < -0.3 is 24.3 Å². The summed E-state index contributed by atoms with van der Waals surface area (Å²) in [5.74, 6) is 0.652. The Morgan fingerprint density at radius 1 is 1.02 bits per heavy atom. The molecule has 5 rings (SSSR count). The molecule has 5 aromatic rings. The lowest BCUT2D eigenvalue weighted by molar-refractivity contribution is -0.156. The van der Waals surface area contributed by atoms with E-state index in [1.54, 1.807) is 39.8 Å². The second kappa shape index (κ2) is 13.1. The van der Waals surface area contributed by atoms with Crippen LogP contribution in [-0.2, 0) is 30.0 Å². The van der Waals surface area contributed by atoms with Crippen molar-refractivity contribution in [2.75, 3.05) is 18.9 Å². The second-order valence-electron chi connectivity index (χ2n) is 11.9.